The average molecular weight is 327 g/mol. The third-order valence-electron chi connectivity index (χ3n) is 2.52. The minimum Gasteiger partial charge on any atom is -0.493 e. The van der Waals surface area contributed by atoms with E-state index in [4.69, 9.17) is 14.0 Å². The molecule has 19 heavy (non-hydrogen) atoms. The van der Waals surface area contributed by atoms with Crippen molar-refractivity contribution in [2.75, 3.05) is 14.2 Å². The van der Waals surface area contributed by atoms with Gasteiger partial charge >= 0.3 is 0 Å². The molecule has 0 saturated heterocycles. The first-order valence-corrected chi connectivity index (χ1v) is 6.57. The zero-order valence-electron chi connectivity index (χ0n) is 10.8. The summed E-state index contributed by atoms with van der Waals surface area (Å²) in [6, 6.07) is 5.70. The molecule has 1 aromatic heterocycles. The predicted octanol–water partition coefficient (Wildman–Crippen LogP) is 2.74. The summed E-state index contributed by atoms with van der Waals surface area (Å²) in [4.78, 5) is 0. The van der Waals surface area contributed by atoms with Crippen LogP contribution in [0, 0.1) is 0 Å². The van der Waals surface area contributed by atoms with Gasteiger partial charge in [-0.1, -0.05) is 5.16 Å². The summed E-state index contributed by atoms with van der Waals surface area (Å²) in [6.07, 6.45) is 1.58. The quantitative estimate of drug-likeness (QED) is 0.884. The first-order valence-electron chi connectivity index (χ1n) is 5.78. The van der Waals surface area contributed by atoms with Crippen molar-refractivity contribution >= 4 is 15.9 Å². The molecule has 1 N–H and O–H groups in total. The highest BCUT2D eigenvalue weighted by Crippen LogP contribution is 2.37. The number of benzene rings is 1. The van der Waals surface area contributed by atoms with Crippen molar-refractivity contribution in [2.24, 2.45) is 0 Å². The van der Waals surface area contributed by atoms with Gasteiger partial charge in [-0.15, -0.1) is 0 Å². The smallest absolute Gasteiger partial charge is 0.176 e. The van der Waals surface area contributed by atoms with Crippen LogP contribution in [0.4, 0.5) is 0 Å². The second kappa shape index (κ2) is 6.58. The van der Waals surface area contributed by atoms with E-state index < -0.39 is 0 Å². The van der Waals surface area contributed by atoms with Gasteiger partial charge in [-0.3, -0.25) is 0 Å². The lowest BCUT2D eigenvalue weighted by atomic mass is 10.2. The van der Waals surface area contributed by atoms with Crippen LogP contribution in [0.25, 0.3) is 0 Å². The Labute approximate surface area is 120 Å². The first kappa shape index (κ1) is 13.9. The maximum Gasteiger partial charge on any atom is 0.176 e. The topological polar surface area (TPSA) is 56.5 Å². The van der Waals surface area contributed by atoms with E-state index in [0.717, 1.165) is 16.6 Å². The van der Waals surface area contributed by atoms with Gasteiger partial charge in [-0.2, -0.15) is 0 Å². The van der Waals surface area contributed by atoms with Crippen LogP contribution in [0.2, 0.25) is 0 Å². The first-order chi connectivity index (χ1) is 9.24. The molecule has 0 bridgehead atoms. The van der Waals surface area contributed by atoms with Crippen LogP contribution in [0.15, 0.2) is 33.4 Å². The molecular weight excluding hydrogens is 312 g/mol. The Morgan fingerprint density at radius 2 is 2.26 bits per heavy atom. The predicted molar refractivity (Wildman–Crippen MR) is 74.3 cm³/mol. The van der Waals surface area contributed by atoms with Gasteiger partial charge in [0.15, 0.2) is 17.3 Å². The van der Waals surface area contributed by atoms with E-state index in [2.05, 4.69) is 26.4 Å². The van der Waals surface area contributed by atoms with E-state index in [1.807, 2.05) is 19.2 Å². The summed E-state index contributed by atoms with van der Waals surface area (Å²) in [5.74, 6) is 1.99. The maximum absolute atomic E-state index is 5.71. The van der Waals surface area contributed by atoms with Crippen molar-refractivity contribution in [2.45, 2.75) is 13.2 Å². The number of halogens is 1. The molecule has 0 unspecified atom stereocenters. The molecule has 2 aromatic rings. The summed E-state index contributed by atoms with van der Waals surface area (Å²) < 4.78 is 16.9. The summed E-state index contributed by atoms with van der Waals surface area (Å²) in [6.45, 7) is 1.07. The Balaban J connectivity index is 2.18. The number of nitrogens with one attached hydrogen (secondary N) is 1. The van der Waals surface area contributed by atoms with Crippen LogP contribution in [-0.2, 0) is 13.2 Å². The van der Waals surface area contributed by atoms with E-state index in [1.54, 1.807) is 19.4 Å². The van der Waals surface area contributed by atoms with Crippen LogP contribution in [0.5, 0.6) is 11.5 Å². The fourth-order valence-corrected chi connectivity index (χ4v) is 2.28. The molecule has 1 heterocycles. The van der Waals surface area contributed by atoms with Gasteiger partial charge in [0.1, 0.15) is 6.61 Å². The van der Waals surface area contributed by atoms with Gasteiger partial charge in [-0.05, 0) is 40.7 Å². The summed E-state index contributed by atoms with van der Waals surface area (Å²) in [7, 11) is 3.51. The third kappa shape index (κ3) is 3.48. The van der Waals surface area contributed by atoms with Gasteiger partial charge in [0.25, 0.3) is 0 Å². The fraction of sp³-hybridized carbons (Fsp3) is 0.308. The van der Waals surface area contributed by atoms with E-state index in [1.165, 1.54) is 0 Å². The zero-order valence-corrected chi connectivity index (χ0v) is 12.4. The highest BCUT2D eigenvalue weighted by molar-refractivity contribution is 9.10. The monoisotopic (exact) mass is 326 g/mol. The number of methoxy groups -OCH3 is 1. The van der Waals surface area contributed by atoms with Crippen LogP contribution >= 0.6 is 15.9 Å². The molecule has 0 radical (unpaired) electrons. The number of hydrogen-bond donors (Lipinski definition) is 1. The van der Waals surface area contributed by atoms with E-state index >= 15 is 0 Å². The second-order valence-electron chi connectivity index (χ2n) is 3.91. The van der Waals surface area contributed by atoms with E-state index in [9.17, 15) is 0 Å². The van der Waals surface area contributed by atoms with Crippen LogP contribution in [-0.4, -0.2) is 19.3 Å². The highest BCUT2D eigenvalue weighted by atomic mass is 79.9. The lowest BCUT2D eigenvalue weighted by molar-refractivity contribution is 0.237. The molecule has 2 rings (SSSR count). The van der Waals surface area contributed by atoms with Gasteiger partial charge in [0, 0.05) is 12.6 Å². The third-order valence-corrected chi connectivity index (χ3v) is 3.11. The number of ether oxygens (including phenoxy) is 2. The molecule has 0 atom stereocenters. The van der Waals surface area contributed by atoms with Crippen molar-refractivity contribution in [1.82, 2.24) is 10.5 Å². The summed E-state index contributed by atoms with van der Waals surface area (Å²) in [5.41, 5.74) is 1.11. The molecule has 0 fully saturated rings. The standard InChI is InChI=1S/C13H15BrN2O3/c1-15-7-9-5-11(14)13(12(6-9)17-2)18-8-10-3-4-16-19-10/h3-6,15H,7-8H2,1-2H3. The largest absolute Gasteiger partial charge is 0.493 e. The van der Waals surface area contributed by atoms with Crippen molar-refractivity contribution in [3.8, 4) is 11.5 Å². The average Bonchev–Trinajstić information content (AvgIpc) is 2.90. The van der Waals surface area contributed by atoms with Crippen molar-refractivity contribution < 1.29 is 14.0 Å². The Hall–Kier alpha value is -1.53. The van der Waals surface area contributed by atoms with Crippen molar-refractivity contribution in [1.29, 1.82) is 0 Å². The normalized spacial score (nSPS) is 10.5. The molecule has 6 heteroatoms. The molecule has 0 aliphatic carbocycles. The number of nitrogens with zero attached hydrogens (tertiary/aromatic N) is 1. The van der Waals surface area contributed by atoms with Crippen LogP contribution < -0.4 is 14.8 Å². The van der Waals surface area contributed by atoms with Gasteiger partial charge in [0.05, 0.1) is 17.8 Å². The lowest BCUT2D eigenvalue weighted by Gasteiger charge is -2.13. The summed E-state index contributed by atoms with van der Waals surface area (Å²) in [5, 5.41) is 6.73. The molecule has 0 saturated carbocycles. The molecular formula is C13H15BrN2O3. The molecule has 0 aliphatic heterocycles. The van der Waals surface area contributed by atoms with Gasteiger partial charge in [0.2, 0.25) is 0 Å². The minimum absolute atomic E-state index is 0.306. The van der Waals surface area contributed by atoms with E-state index in [0.29, 0.717) is 23.9 Å². The number of hydrogen-bond acceptors (Lipinski definition) is 5. The minimum atomic E-state index is 0.306. The number of rotatable bonds is 6. The van der Waals surface area contributed by atoms with Crippen molar-refractivity contribution in [3.05, 3.63) is 40.2 Å². The van der Waals surface area contributed by atoms with Gasteiger partial charge in [-0.25, -0.2) is 0 Å². The zero-order chi connectivity index (χ0) is 13.7. The Morgan fingerprint density at radius 1 is 1.42 bits per heavy atom. The second-order valence-corrected chi connectivity index (χ2v) is 4.76. The van der Waals surface area contributed by atoms with Crippen molar-refractivity contribution in [3.63, 3.8) is 0 Å². The molecule has 0 spiro atoms. The molecule has 5 nitrogen and oxygen atoms in total. The van der Waals surface area contributed by atoms with Gasteiger partial charge < -0.3 is 19.3 Å². The van der Waals surface area contributed by atoms with Crippen LogP contribution in [0.1, 0.15) is 11.3 Å². The fourth-order valence-electron chi connectivity index (χ4n) is 1.68. The highest BCUT2D eigenvalue weighted by Gasteiger charge is 2.12. The van der Waals surface area contributed by atoms with Crippen LogP contribution in [0.3, 0.4) is 0 Å². The Morgan fingerprint density at radius 3 is 2.89 bits per heavy atom. The molecule has 1 aromatic carbocycles. The SMILES string of the molecule is CNCc1cc(Br)c(OCc2ccno2)c(OC)c1. The molecule has 102 valence electrons. The lowest BCUT2D eigenvalue weighted by Crippen LogP contribution is -2.06. The Bertz CT molecular complexity index is 529. The number of aromatic nitrogens is 1. The van der Waals surface area contributed by atoms with E-state index in [-0.39, 0.29) is 0 Å². The molecule has 0 aliphatic rings. The summed E-state index contributed by atoms with van der Waals surface area (Å²) >= 11 is 3.49. The Kier molecular flexibility index (Phi) is 4.81. The maximum atomic E-state index is 5.71. The molecule has 0 amide bonds.